The van der Waals surface area contributed by atoms with Crippen molar-refractivity contribution in [1.82, 2.24) is 0 Å². The van der Waals surface area contributed by atoms with E-state index in [-0.39, 0.29) is 5.78 Å². The molecule has 0 aromatic heterocycles. The Kier molecular flexibility index (Phi) is 5.48. The number of aryl methyl sites for hydroxylation is 2. The molecule has 0 atom stereocenters. The van der Waals surface area contributed by atoms with Crippen LogP contribution in [-0.2, 0) is 0 Å². The largest absolute Gasteiger partial charge is 0.496 e. The molecule has 0 unspecified atom stereocenters. The summed E-state index contributed by atoms with van der Waals surface area (Å²) in [5.41, 5.74) is 2.71. The molecule has 0 aliphatic rings. The molecule has 0 heterocycles. The molecule has 110 valence electrons. The van der Waals surface area contributed by atoms with Crippen LogP contribution in [0.15, 0.2) is 45.8 Å². The first-order chi connectivity index (χ1) is 10.0. The summed E-state index contributed by atoms with van der Waals surface area (Å²) in [6.07, 6.45) is 0. The van der Waals surface area contributed by atoms with Crippen LogP contribution in [0.2, 0.25) is 0 Å². The Labute approximate surface area is 138 Å². The summed E-state index contributed by atoms with van der Waals surface area (Å²) >= 11 is 4.99. The van der Waals surface area contributed by atoms with Crippen molar-refractivity contribution in [2.45, 2.75) is 18.7 Å². The first kappa shape index (κ1) is 16.1. The van der Waals surface area contributed by atoms with Gasteiger partial charge in [0.15, 0.2) is 5.78 Å². The van der Waals surface area contributed by atoms with Crippen molar-refractivity contribution in [3.63, 3.8) is 0 Å². The minimum atomic E-state index is 0.142. The number of hydrogen-bond donors (Lipinski definition) is 0. The van der Waals surface area contributed by atoms with Gasteiger partial charge in [0, 0.05) is 14.9 Å². The highest BCUT2D eigenvalue weighted by atomic mass is 79.9. The molecule has 21 heavy (non-hydrogen) atoms. The molecule has 0 amide bonds. The van der Waals surface area contributed by atoms with Crippen LogP contribution in [0, 0.1) is 13.8 Å². The van der Waals surface area contributed by atoms with Crippen LogP contribution in [0.25, 0.3) is 0 Å². The molecule has 2 rings (SSSR count). The van der Waals surface area contributed by atoms with Crippen LogP contribution in [0.3, 0.4) is 0 Å². The average Bonchev–Trinajstić information content (AvgIpc) is 2.46. The third-order valence-electron chi connectivity index (χ3n) is 3.21. The zero-order chi connectivity index (χ0) is 15.4. The third kappa shape index (κ3) is 4.11. The fourth-order valence-corrected chi connectivity index (χ4v) is 3.48. The first-order valence-electron chi connectivity index (χ1n) is 6.58. The number of ether oxygens (including phenoxy) is 1. The quantitative estimate of drug-likeness (QED) is 0.548. The molecule has 0 bridgehead atoms. The van der Waals surface area contributed by atoms with Crippen LogP contribution in [0.4, 0.5) is 0 Å². The van der Waals surface area contributed by atoms with Crippen LogP contribution >= 0.6 is 27.7 Å². The molecule has 0 radical (unpaired) electrons. The monoisotopic (exact) mass is 364 g/mol. The number of halogens is 1. The lowest BCUT2D eigenvalue weighted by atomic mass is 10.0. The van der Waals surface area contributed by atoms with Gasteiger partial charge >= 0.3 is 0 Å². The number of rotatable bonds is 5. The summed E-state index contributed by atoms with van der Waals surface area (Å²) in [7, 11) is 1.65. The second-order valence-electron chi connectivity index (χ2n) is 4.81. The van der Waals surface area contributed by atoms with E-state index in [1.807, 2.05) is 50.2 Å². The van der Waals surface area contributed by atoms with E-state index in [4.69, 9.17) is 4.74 Å². The summed E-state index contributed by atoms with van der Waals surface area (Å²) in [6.45, 7) is 3.90. The van der Waals surface area contributed by atoms with E-state index in [9.17, 15) is 4.79 Å². The summed E-state index contributed by atoms with van der Waals surface area (Å²) in [6, 6.07) is 11.8. The van der Waals surface area contributed by atoms with E-state index in [1.54, 1.807) is 18.9 Å². The van der Waals surface area contributed by atoms with Crippen molar-refractivity contribution in [3.8, 4) is 5.75 Å². The Morgan fingerprint density at radius 1 is 1.19 bits per heavy atom. The maximum atomic E-state index is 12.4. The Balaban J connectivity index is 2.12. The molecule has 4 heteroatoms. The van der Waals surface area contributed by atoms with Gasteiger partial charge in [-0.25, -0.2) is 0 Å². The van der Waals surface area contributed by atoms with E-state index in [0.29, 0.717) is 5.75 Å². The molecule has 0 fully saturated rings. The number of methoxy groups -OCH3 is 1. The third-order valence-corrected chi connectivity index (χ3v) is 4.70. The predicted octanol–water partition coefficient (Wildman–Crippen LogP) is 5.05. The number of carbonyl (C=O) groups excluding carboxylic acids is 1. The fourth-order valence-electron chi connectivity index (χ4n) is 2.09. The van der Waals surface area contributed by atoms with E-state index in [0.717, 1.165) is 31.8 Å². The number of carbonyl (C=O) groups is 1. The van der Waals surface area contributed by atoms with Gasteiger partial charge in [0.2, 0.25) is 0 Å². The van der Waals surface area contributed by atoms with E-state index >= 15 is 0 Å². The van der Waals surface area contributed by atoms with Crippen LogP contribution in [0.1, 0.15) is 21.5 Å². The minimum Gasteiger partial charge on any atom is -0.496 e. The maximum absolute atomic E-state index is 12.4. The molecule has 0 N–H and O–H groups in total. The lowest BCUT2D eigenvalue weighted by Crippen LogP contribution is -2.06. The van der Waals surface area contributed by atoms with Gasteiger partial charge in [-0.05, 0) is 55.3 Å². The Hall–Kier alpha value is -1.26. The number of ketones is 1. The highest BCUT2D eigenvalue weighted by Crippen LogP contribution is 2.26. The van der Waals surface area contributed by atoms with Gasteiger partial charge in [-0.3, -0.25) is 4.79 Å². The van der Waals surface area contributed by atoms with E-state index in [1.165, 1.54) is 0 Å². The fraction of sp³-hybridized carbons (Fsp3) is 0.235. The van der Waals surface area contributed by atoms with Crippen LogP contribution in [-0.4, -0.2) is 18.6 Å². The number of Topliss-reactive ketones (excluding diaryl/α,β-unsaturated/α-hetero) is 1. The topological polar surface area (TPSA) is 26.3 Å². The highest BCUT2D eigenvalue weighted by molar-refractivity contribution is 9.10. The molecular weight excluding hydrogens is 348 g/mol. The number of thioether (sulfide) groups is 1. The van der Waals surface area contributed by atoms with Crippen molar-refractivity contribution in [3.05, 3.63) is 57.6 Å². The summed E-state index contributed by atoms with van der Waals surface area (Å²) in [5, 5.41) is 0. The predicted molar refractivity (Wildman–Crippen MR) is 91.7 cm³/mol. The molecular formula is C17H17BrO2S. The molecule has 2 aromatic carbocycles. The smallest absolute Gasteiger partial charge is 0.173 e. The van der Waals surface area contributed by atoms with Gasteiger partial charge in [-0.2, -0.15) is 0 Å². The number of benzene rings is 2. The standard InChI is InChI=1S/C17H17BrO2S/c1-11-8-17(20-3)12(2)7-15(11)16(19)10-21-14-6-4-5-13(18)9-14/h4-9H,10H2,1-3H3. The molecule has 0 spiro atoms. The van der Waals surface area contributed by atoms with Crippen LogP contribution in [0.5, 0.6) is 5.75 Å². The zero-order valence-corrected chi connectivity index (χ0v) is 14.7. The zero-order valence-electron chi connectivity index (χ0n) is 12.3. The highest BCUT2D eigenvalue weighted by Gasteiger charge is 2.12. The van der Waals surface area contributed by atoms with Crippen molar-refractivity contribution in [2.24, 2.45) is 0 Å². The Morgan fingerprint density at radius 3 is 2.62 bits per heavy atom. The molecule has 0 aliphatic carbocycles. The molecule has 0 aliphatic heterocycles. The van der Waals surface area contributed by atoms with Crippen LogP contribution < -0.4 is 4.74 Å². The second kappa shape index (κ2) is 7.14. The van der Waals surface area contributed by atoms with E-state index in [2.05, 4.69) is 15.9 Å². The maximum Gasteiger partial charge on any atom is 0.173 e. The van der Waals surface area contributed by atoms with Crippen molar-refractivity contribution in [1.29, 1.82) is 0 Å². The second-order valence-corrected chi connectivity index (χ2v) is 6.77. The van der Waals surface area contributed by atoms with Gasteiger partial charge in [0.1, 0.15) is 5.75 Å². The SMILES string of the molecule is COc1cc(C)c(C(=O)CSc2cccc(Br)c2)cc1C. The Morgan fingerprint density at radius 2 is 1.95 bits per heavy atom. The summed E-state index contributed by atoms with van der Waals surface area (Å²) in [4.78, 5) is 13.5. The van der Waals surface area contributed by atoms with Gasteiger partial charge in [0.25, 0.3) is 0 Å². The van der Waals surface area contributed by atoms with Gasteiger partial charge in [0.05, 0.1) is 12.9 Å². The molecule has 2 nitrogen and oxygen atoms in total. The van der Waals surface area contributed by atoms with Gasteiger partial charge < -0.3 is 4.74 Å². The lowest BCUT2D eigenvalue weighted by Gasteiger charge is -2.10. The minimum absolute atomic E-state index is 0.142. The summed E-state index contributed by atoms with van der Waals surface area (Å²) < 4.78 is 6.31. The normalized spacial score (nSPS) is 10.5. The average molecular weight is 365 g/mol. The number of hydrogen-bond acceptors (Lipinski definition) is 3. The van der Waals surface area contributed by atoms with Crippen molar-refractivity contribution < 1.29 is 9.53 Å². The van der Waals surface area contributed by atoms with Crippen molar-refractivity contribution in [2.75, 3.05) is 12.9 Å². The lowest BCUT2D eigenvalue weighted by molar-refractivity contribution is 0.102. The molecule has 2 aromatic rings. The molecule has 0 saturated carbocycles. The van der Waals surface area contributed by atoms with Gasteiger partial charge in [-0.1, -0.05) is 22.0 Å². The summed E-state index contributed by atoms with van der Waals surface area (Å²) in [5.74, 6) is 1.40. The Bertz CT molecular complexity index is 668. The molecule has 0 saturated heterocycles. The van der Waals surface area contributed by atoms with Crippen molar-refractivity contribution >= 4 is 33.5 Å². The van der Waals surface area contributed by atoms with E-state index < -0.39 is 0 Å². The first-order valence-corrected chi connectivity index (χ1v) is 8.36. The van der Waals surface area contributed by atoms with Gasteiger partial charge in [-0.15, -0.1) is 11.8 Å².